The van der Waals surface area contributed by atoms with Gasteiger partial charge in [-0.3, -0.25) is 4.79 Å². The molecule has 0 spiro atoms. The standard InChI is InChI=1S/C13H24N2O4/c1-8(2)9(3)14(4)13(18)15(5)11-7-19-6-10(11)12(16)17/h8-11H,6-7H2,1-5H3,(H,16,17). The zero-order chi connectivity index (χ0) is 14.7. The summed E-state index contributed by atoms with van der Waals surface area (Å²) in [6.07, 6.45) is 0. The molecule has 0 aromatic rings. The molecule has 6 nitrogen and oxygen atoms in total. The first-order valence-corrected chi connectivity index (χ1v) is 6.57. The second-order valence-corrected chi connectivity index (χ2v) is 5.54. The highest BCUT2D eigenvalue weighted by molar-refractivity contribution is 5.77. The smallest absolute Gasteiger partial charge is 0.320 e. The molecule has 1 saturated heterocycles. The van der Waals surface area contributed by atoms with Gasteiger partial charge in [-0.2, -0.15) is 0 Å². The molecule has 0 aromatic heterocycles. The normalized spacial score (nSPS) is 24.3. The Morgan fingerprint density at radius 1 is 1.21 bits per heavy atom. The Labute approximate surface area is 114 Å². The molecule has 1 N–H and O–H groups in total. The van der Waals surface area contributed by atoms with E-state index in [0.717, 1.165) is 0 Å². The fourth-order valence-electron chi connectivity index (χ4n) is 2.17. The van der Waals surface area contributed by atoms with Crippen molar-refractivity contribution in [1.82, 2.24) is 9.80 Å². The number of amides is 2. The molecule has 1 rings (SSSR count). The number of carboxylic acid groups (broad SMARTS) is 1. The van der Waals surface area contributed by atoms with E-state index >= 15 is 0 Å². The SMILES string of the molecule is CC(C)C(C)N(C)C(=O)N(C)C1COCC1C(=O)O. The molecule has 19 heavy (non-hydrogen) atoms. The summed E-state index contributed by atoms with van der Waals surface area (Å²) in [5.74, 6) is -1.21. The summed E-state index contributed by atoms with van der Waals surface area (Å²) in [5, 5.41) is 9.12. The van der Waals surface area contributed by atoms with Crippen LogP contribution in [-0.2, 0) is 9.53 Å². The van der Waals surface area contributed by atoms with Gasteiger partial charge in [0.2, 0.25) is 0 Å². The molecule has 1 heterocycles. The van der Waals surface area contributed by atoms with E-state index in [0.29, 0.717) is 5.92 Å². The topological polar surface area (TPSA) is 70.1 Å². The third kappa shape index (κ3) is 3.37. The molecule has 6 heteroatoms. The van der Waals surface area contributed by atoms with Crippen molar-refractivity contribution in [2.75, 3.05) is 27.3 Å². The van der Waals surface area contributed by atoms with Crippen molar-refractivity contribution in [2.45, 2.75) is 32.9 Å². The molecule has 0 aromatic carbocycles. The highest BCUT2D eigenvalue weighted by Gasteiger charge is 2.39. The maximum atomic E-state index is 12.3. The van der Waals surface area contributed by atoms with Crippen LogP contribution in [0.3, 0.4) is 0 Å². The van der Waals surface area contributed by atoms with Crippen LogP contribution in [0.5, 0.6) is 0 Å². The van der Waals surface area contributed by atoms with Gasteiger partial charge < -0.3 is 19.6 Å². The number of likely N-dealkylation sites (N-methyl/N-ethyl adjacent to an activating group) is 1. The van der Waals surface area contributed by atoms with Crippen LogP contribution in [0, 0.1) is 11.8 Å². The Bertz CT molecular complexity index is 346. The molecule has 3 unspecified atom stereocenters. The van der Waals surface area contributed by atoms with Crippen molar-refractivity contribution < 1.29 is 19.4 Å². The molecular weight excluding hydrogens is 248 g/mol. The fraction of sp³-hybridized carbons (Fsp3) is 0.846. The zero-order valence-corrected chi connectivity index (χ0v) is 12.3. The van der Waals surface area contributed by atoms with Gasteiger partial charge in [0.1, 0.15) is 5.92 Å². The van der Waals surface area contributed by atoms with Crippen LogP contribution in [0.2, 0.25) is 0 Å². The predicted molar refractivity (Wildman–Crippen MR) is 71.0 cm³/mol. The van der Waals surface area contributed by atoms with E-state index in [1.165, 1.54) is 4.90 Å². The summed E-state index contributed by atoms with van der Waals surface area (Å²) in [4.78, 5) is 26.6. The summed E-state index contributed by atoms with van der Waals surface area (Å²) in [5.41, 5.74) is 0. The number of nitrogens with zero attached hydrogens (tertiary/aromatic N) is 2. The molecule has 0 saturated carbocycles. The Balaban J connectivity index is 2.74. The Kier molecular flexibility index (Phi) is 5.17. The van der Waals surface area contributed by atoms with Crippen molar-refractivity contribution in [2.24, 2.45) is 11.8 Å². The Morgan fingerprint density at radius 3 is 2.26 bits per heavy atom. The number of rotatable bonds is 4. The van der Waals surface area contributed by atoms with Crippen molar-refractivity contribution in [3.8, 4) is 0 Å². The van der Waals surface area contributed by atoms with Crippen LogP contribution in [0.25, 0.3) is 0 Å². The molecule has 0 aliphatic carbocycles. The quantitative estimate of drug-likeness (QED) is 0.832. The highest BCUT2D eigenvalue weighted by Crippen LogP contribution is 2.21. The first-order chi connectivity index (χ1) is 8.77. The van der Waals surface area contributed by atoms with Gasteiger partial charge >= 0.3 is 12.0 Å². The first-order valence-electron chi connectivity index (χ1n) is 6.57. The van der Waals surface area contributed by atoms with Crippen LogP contribution in [-0.4, -0.2) is 66.3 Å². The minimum Gasteiger partial charge on any atom is -0.481 e. The number of hydrogen-bond donors (Lipinski definition) is 1. The Morgan fingerprint density at radius 2 is 1.79 bits per heavy atom. The average Bonchev–Trinajstić information content (AvgIpc) is 2.84. The van der Waals surface area contributed by atoms with Gasteiger partial charge in [-0.05, 0) is 12.8 Å². The maximum Gasteiger partial charge on any atom is 0.320 e. The number of ether oxygens (including phenoxy) is 1. The van der Waals surface area contributed by atoms with E-state index in [2.05, 4.69) is 0 Å². The molecule has 1 aliphatic heterocycles. The van der Waals surface area contributed by atoms with Gasteiger partial charge in [0.15, 0.2) is 0 Å². The van der Waals surface area contributed by atoms with Crippen molar-refractivity contribution in [3.63, 3.8) is 0 Å². The van der Waals surface area contributed by atoms with Crippen molar-refractivity contribution in [1.29, 1.82) is 0 Å². The molecule has 2 amide bonds. The molecule has 0 radical (unpaired) electrons. The molecule has 110 valence electrons. The summed E-state index contributed by atoms with van der Waals surface area (Å²) in [7, 11) is 3.39. The minimum absolute atomic E-state index is 0.0977. The van der Waals surface area contributed by atoms with E-state index in [4.69, 9.17) is 9.84 Å². The minimum atomic E-state index is -0.915. The third-order valence-electron chi connectivity index (χ3n) is 4.04. The number of carbonyl (C=O) groups excluding carboxylic acids is 1. The number of urea groups is 1. The molecule has 1 aliphatic rings. The molecule has 3 atom stereocenters. The van der Waals surface area contributed by atoms with E-state index in [1.807, 2.05) is 20.8 Å². The number of aliphatic carboxylic acids is 1. The number of carboxylic acids is 1. The maximum absolute atomic E-state index is 12.3. The van der Waals surface area contributed by atoms with E-state index in [-0.39, 0.29) is 25.3 Å². The fourth-order valence-corrected chi connectivity index (χ4v) is 2.17. The average molecular weight is 272 g/mol. The van der Waals surface area contributed by atoms with Crippen LogP contribution >= 0.6 is 0 Å². The lowest BCUT2D eigenvalue weighted by Gasteiger charge is -2.35. The predicted octanol–water partition coefficient (Wildman–Crippen LogP) is 1.11. The largest absolute Gasteiger partial charge is 0.481 e. The van der Waals surface area contributed by atoms with Gasteiger partial charge in [-0.25, -0.2) is 4.79 Å². The first kappa shape index (κ1) is 15.8. The zero-order valence-electron chi connectivity index (χ0n) is 12.3. The lowest BCUT2D eigenvalue weighted by molar-refractivity contribution is -0.142. The van der Waals surface area contributed by atoms with E-state index in [9.17, 15) is 9.59 Å². The molecule has 0 bridgehead atoms. The number of carbonyl (C=O) groups is 2. The monoisotopic (exact) mass is 272 g/mol. The molecular formula is C13H24N2O4. The van der Waals surface area contributed by atoms with Gasteiger partial charge in [-0.15, -0.1) is 0 Å². The lowest BCUT2D eigenvalue weighted by atomic mass is 10.0. The number of hydrogen-bond acceptors (Lipinski definition) is 3. The third-order valence-corrected chi connectivity index (χ3v) is 4.04. The van der Waals surface area contributed by atoms with Crippen LogP contribution < -0.4 is 0 Å². The van der Waals surface area contributed by atoms with E-state index < -0.39 is 17.9 Å². The summed E-state index contributed by atoms with van der Waals surface area (Å²) < 4.78 is 5.20. The Hall–Kier alpha value is -1.30. The van der Waals surface area contributed by atoms with Crippen molar-refractivity contribution in [3.05, 3.63) is 0 Å². The van der Waals surface area contributed by atoms with Gasteiger partial charge in [-0.1, -0.05) is 13.8 Å². The second kappa shape index (κ2) is 6.23. The highest BCUT2D eigenvalue weighted by atomic mass is 16.5. The molecule has 1 fully saturated rings. The van der Waals surface area contributed by atoms with Crippen LogP contribution in [0.4, 0.5) is 4.79 Å². The summed E-state index contributed by atoms with van der Waals surface area (Å²) >= 11 is 0. The van der Waals surface area contributed by atoms with Gasteiger partial charge in [0.05, 0.1) is 19.3 Å². The lowest BCUT2D eigenvalue weighted by Crippen LogP contribution is -2.51. The summed E-state index contributed by atoms with van der Waals surface area (Å²) in [6.45, 7) is 6.53. The van der Waals surface area contributed by atoms with Gasteiger partial charge in [0, 0.05) is 20.1 Å². The second-order valence-electron chi connectivity index (χ2n) is 5.54. The van der Waals surface area contributed by atoms with Crippen molar-refractivity contribution >= 4 is 12.0 Å². The van der Waals surface area contributed by atoms with Gasteiger partial charge in [0.25, 0.3) is 0 Å². The van der Waals surface area contributed by atoms with E-state index in [1.54, 1.807) is 19.0 Å². The summed E-state index contributed by atoms with van der Waals surface area (Å²) in [6, 6.07) is -0.463. The van der Waals surface area contributed by atoms with Crippen LogP contribution in [0.15, 0.2) is 0 Å². The van der Waals surface area contributed by atoms with Crippen LogP contribution in [0.1, 0.15) is 20.8 Å².